The highest BCUT2D eigenvalue weighted by molar-refractivity contribution is 9.10. The van der Waals surface area contributed by atoms with E-state index in [1.54, 1.807) is 18.4 Å². The zero-order valence-electron chi connectivity index (χ0n) is 13.6. The average molecular weight is 411 g/mol. The van der Waals surface area contributed by atoms with E-state index in [1.807, 2.05) is 19.1 Å². The van der Waals surface area contributed by atoms with Gasteiger partial charge in [0.05, 0.1) is 15.2 Å². The molecule has 1 aliphatic heterocycles. The number of aryl methyl sites for hydroxylation is 1. The number of ether oxygens (including phenoxy) is 2. The molecular formula is C16H19BrN4O2S. The molecule has 6 nitrogen and oxygen atoms in total. The van der Waals surface area contributed by atoms with Crippen molar-refractivity contribution in [3.63, 3.8) is 0 Å². The van der Waals surface area contributed by atoms with Gasteiger partial charge in [-0.25, -0.2) is 4.98 Å². The molecule has 2 heterocycles. The molecule has 1 aromatic heterocycles. The molecule has 8 heteroatoms. The minimum atomic E-state index is 0.268. The Hall–Kier alpha value is -1.80. The SMILES string of the molecule is CN=C(NCCc1csc(C)n1)NCc1cc(Br)c2c(c1)OCO2. The van der Waals surface area contributed by atoms with Gasteiger partial charge in [-0.3, -0.25) is 4.99 Å². The molecule has 3 rings (SSSR count). The van der Waals surface area contributed by atoms with E-state index in [2.05, 4.69) is 41.9 Å². The molecule has 0 radical (unpaired) electrons. The Bertz CT molecular complexity index is 748. The Labute approximate surface area is 153 Å². The normalized spacial score (nSPS) is 13.2. The van der Waals surface area contributed by atoms with Crippen LogP contribution in [0.4, 0.5) is 0 Å². The number of fused-ring (bicyclic) bond motifs is 1. The topological polar surface area (TPSA) is 67.8 Å². The van der Waals surface area contributed by atoms with Crippen molar-refractivity contribution in [3.05, 3.63) is 38.3 Å². The molecule has 128 valence electrons. The first-order valence-corrected chi connectivity index (χ1v) is 9.26. The minimum absolute atomic E-state index is 0.268. The molecule has 0 unspecified atom stereocenters. The Morgan fingerprint density at radius 1 is 1.38 bits per heavy atom. The number of rotatable bonds is 5. The Morgan fingerprint density at radius 3 is 3.00 bits per heavy atom. The van der Waals surface area contributed by atoms with Gasteiger partial charge in [-0.1, -0.05) is 0 Å². The molecule has 0 amide bonds. The Balaban J connectivity index is 1.50. The second-order valence-corrected chi connectivity index (χ2v) is 7.19. The number of guanidine groups is 1. The van der Waals surface area contributed by atoms with E-state index in [0.717, 1.165) is 51.2 Å². The van der Waals surface area contributed by atoms with Crippen LogP contribution < -0.4 is 20.1 Å². The van der Waals surface area contributed by atoms with Crippen molar-refractivity contribution in [2.75, 3.05) is 20.4 Å². The maximum Gasteiger partial charge on any atom is 0.231 e. The average Bonchev–Trinajstić information content (AvgIpc) is 3.19. The third kappa shape index (κ3) is 4.18. The summed E-state index contributed by atoms with van der Waals surface area (Å²) in [6, 6.07) is 4.00. The molecule has 0 atom stereocenters. The lowest BCUT2D eigenvalue weighted by molar-refractivity contribution is 0.173. The Kier molecular flexibility index (Phi) is 5.57. The molecule has 0 aliphatic carbocycles. The van der Waals surface area contributed by atoms with E-state index in [-0.39, 0.29) is 6.79 Å². The zero-order chi connectivity index (χ0) is 16.9. The summed E-state index contributed by atoms with van der Waals surface area (Å²) in [5.74, 6) is 2.29. The van der Waals surface area contributed by atoms with Gasteiger partial charge in [0.25, 0.3) is 0 Å². The highest BCUT2D eigenvalue weighted by Crippen LogP contribution is 2.39. The number of aromatic nitrogens is 1. The molecule has 0 saturated heterocycles. The first-order chi connectivity index (χ1) is 11.7. The van der Waals surface area contributed by atoms with Crippen LogP contribution in [0.25, 0.3) is 0 Å². The first kappa shape index (κ1) is 17.0. The smallest absolute Gasteiger partial charge is 0.231 e. The fourth-order valence-electron chi connectivity index (χ4n) is 2.36. The number of hydrogen-bond donors (Lipinski definition) is 2. The maximum absolute atomic E-state index is 5.44. The van der Waals surface area contributed by atoms with E-state index in [9.17, 15) is 0 Å². The van der Waals surface area contributed by atoms with Crippen LogP contribution >= 0.6 is 27.3 Å². The van der Waals surface area contributed by atoms with Crippen LogP contribution in [-0.4, -0.2) is 31.3 Å². The summed E-state index contributed by atoms with van der Waals surface area (Å²) in [4.78, 5) is 8.70. The van der Waals surface area contributed by atoms with Crippen LogP contribution in [0.5, 0.6) is 11.5 Å². The monoisotopic (exact) mass is 410 g/mol. The molecule has 0 fully saturated rings. The van der Waals surface area contributed by atoms with Crippen LogP contribution in [0.15, 0.2) is 27.0 Å². The molecule has 0 bridgehead atoms. The van der Waals surface area contributed by atoms with Crippen molar-refractivity contribution in [1.29, 1.82) is 0 Å². The summed E-state index contributed by atoms with van der Waals surface area (Å²) in [5.41, 5.74) is 2.20. The van der Waals surface area contributed by atoms with E-state index < -0.39 is 0 Å². The second-order valence-electron chi connectivity index (χ2n) is 5.27. The molecule has 1 aromatic carbocycles. The minimum Gasteiger partial charge on any atom is -0.454 e. The van der Waals surface area contributed by atoms with Crippen LogP contribution in [0.3, 0.4) is 0 Å². The van der Waals surface area contributed by atoms with Gasteiger partial charge in [-0.05, 0) is 40.5 Å². The third-order valence-corrected chi connectivity index (χ3v) is 4.92. The molecule has 24 heavy (non-hydrogen) atoms. The van der Waals surface area contributed by atoms with Crippen molar-refractivity contribution < 1.29 is 9.47 Å². The lowest BCUT2D eigenvalue weighted by Crippen LogP contribution is -2.37. The quantitative estimate of drug-likeness (QED) is 0.585. The van der Waals surface area contributed by atoms with Crippen molar-refractivity contribution in [3.8, 4) is 11.5 Å². The van der Waals surface area contributed by atoms with Gasteiger partial charge < -0.3 is 20.1 Å². The van der Waals surface area contributed by atoms with Crippen molar-refractivity contribution in [1.82, 2.24) is 15.6 Å². The van der Waals surface area contributed by atoms with E-state index >= 15 is 0 Å². The number of benzene rings is 1. The van der Waals surface area contributed by atoms with Crippen LogP contribution in [0.1, 0.15) is 16.3 Å². The van der Waals surface area contributed by atoms with Crippen molar-refractivity contribution >= 4 is 33.2 Å². The number of nitrogens with one attached hydrogen (secondary N) is 2. The second kappa shape index (κ2) is 7.85. The van der Waals surface area contributed by atoms with Gasteiger partial charge in [-0.15, -0.1) is 11.3 Å². The van der Waals surface area contributed by atoms with Gasteiger partial charge in [0.1, 0.15) is 0 Å². The largest absolute Gasteiger partial charge is 0.454 e. The van der Waals surface area contributed by atoms with Crippen molar-refractivity contribution in [2.24, 2.45) is 4.99 Å². The number of halogens is 1. The van der Waals surface area contributed by atoms with Gasteiger partial charge in [0.2, 0.25) is 6.79 Å². The van der Waals surface area contributed by atoms with Gasteiger partial charge in [0.15, 0.2) is 17.5 Å². The summed E-state index contributed by atoms with van der Waals surface area (Å²) < 4.78 is 11.7. The molecule has 1 aliphatic rings. The van der Waals surface area contributed by atoms with E-state index in [0.29, 0.717) is 6.54 Å². The van der Waals surface area contributed by atoms with Crippen LogP contribution in [-0.2, 0) is 13.0 Å². The van der Waals surface area contributed by atoms with Crippen LogP contribution in [0.2, 0.25) is 0 Å². The Morgan fingerprint density at radius 2 is 2.25 bits per heavy atom. The molecule has 2 aromatic rings. The third-order valence-electron chi connectivity index (χ3n) is 3.51. The summed E-state index contributed by atoms with van der Waals surface area (Å²) in [5, 5.41) is 9.79. The zero-order valence-corrected chi connectivity index (χ0v) is 16.0. The highest BCUT2D eigenvalue weighted by Gasteiger charge is 2.17. The number of aliphatic imine (C=N–C) groups is 1. The predicted octanol–water partition coefficient (Wildman–Crippen LogP) is 2.85. The summed E-state index contributed by atoms with van der Waals surface area (Å²) >= 11 is 5.18. The number of thiazole rings is 1. The maximum atomic E-state index is 5.44. The standard InChI is InChI=1S/C16H19BrN4O2S/c1-10-21-12(8-24-10)3-4-19-16(18-2)20-7-11-5-13(17)15-14(6-11)22-9-23-15/h5-6,8H,3-4,7,9H2,1-2H3,(H2,18,19,20). The fraction of sp³-hybridized carbons (Fsp3) is 0.375. The van der Waals surface area contributed by atoms with Gasteiger partial charge in [0, 0.05) is 31.9 Å². The molecule has 2 N–H and O–H groups in total. The van der Waals surface area contributed by atoms with E-state index in [4.69, 9.17) is 9.47 Å². The summed E-state index contributed by atoms with van der Waals surface area (Å²) in [6.07, 6.45) is 0.876. The van der Waals surface area contributed by atoms with E-state index in [1.165, 1.54) is 0 Å². The van der Waals surface area contributed by atoms with Gasteiger partial charge >= 0.3 is 0 Å². The summed E-state index contributed by atoms with van der Waals surface area (Å²) in [6.45, 7) is 3.72. The fourth-order valence-corrected chi connectivity index (χ4v) is 3.61. The van der Waals surface area contributed by atoms with Crippen molar-refractivity contribution in [2.45, 2.75) is 19.9 Å². The lowest BCUT2D eigenvalue weighted by Gasteiger charge is -2.12. The van der Waals surface area contributed by atoms with Crippen LogP contribution in [0, 0.1) is 6.92 Å². The number of hydrogen-bond acceptors (Lipinski definition) is 5. The van der Waals surface area contributed by atoms with Gasteiger partial charge in [-0.2, -0.15) is 0 Å². The number of nitrogens with zero attached hydrogens (tertiary/aromatic N) is 2. The first-order valence-electron chi connectivity index (χ1n) is 7.59. The molecular weight excluding hydrogens is 392 g/mol. The predicted molar refractivity (Wildman–Crippen MR) is 99.0 cm³/mol. The summed E-state index contributed by atoms with van der Waals surface area (Å²) in [7, 11) is 1.76. The molecule has 0 spiro atoms. The highest BCUT2D eigenvalue weighted by atomic mass is 79.9. The lowest BCUT2D eigenvalue weighted by atomic mass is 10.2. The molecule has 0 saturated carbocycles.